The van der Waals surface area contributed by atoms with Crippen molar-refractivity contribution in [3.63, 3.8) is 0 Å². The summed E-state index contributed by atoms with van der Waals surface area (Å²) in [5, 5.41) is 3.92. The van der Waals surface area contributed by atoms with E-state index in [9.17, 15) is 4.79 Å². The lowest BCUT2D eigenvalue weighted by Crippen LogP contribution is -2.33. The highest BCUT2D eigenvalue weighted by atomic mass is 79.9. The molecule has 1 spiro atoms. The fourth-order valence-electron chi connectivity index (χ4n) is 3.09. The van der Waals surface area contributed by atoms with Gasteiger partial charge in [-0.15, -0.1) is 0 Å². The van der Waals surface area contributed by atoms with E-state index in [1.54, 1.807) is 6.07 Å². The Morgan fingerprint density at radius 2 is 2.26 bits per heavy atom. The van der Waals surface area contributed by atoms with Gasteiger partial charge in [0.15, 0.2) is 0 Å². The molecule has 2 fully saturated rings. The lowest BCUT2D eigenvalue weighted by Gasteiger charge is -2.23. The third kappa shape index (κ3) is 2.41. The van der Waals surface area contributed by atoms with Crippen LogP contribution in [0.25, 0.3) is 0 Å². The average molecular weight is 344 g/mol. The molecule has 1 unspecified atom stereocenters. The lowest BCUT2D eigenvalue weighted by molar-refractivity contribution is 0.0776. The third-order valence-electron chi connectivity index (χ3n) is 4.24. The first kappa shape index (κ1) is 13.4. The molecule has 1 aromatic rings. The van der Waals surface area contributed by atoms with E-state index in [2.05, 4.69) is 21.2 Å². The van der Waals surface area contributed by atoms with Crippen LogP contribution in [0.1, 0.15) is 23.2 Å². The maximum atomic E-state index is 12.6. The van der Waals surface area contributed by atoms with Crippen molar-refractivity contribution < 1.29 is 4.79 Å². The fraction of sp³-hybridized carbons (Fsp3) is 0.500. The van der Waals surface area contributed by atoms with Crippen molar-refractivity contribution in [3.8, 4) is 0 Å². The third-order valence-corrected chi connectivity index (χ3v) is 5.54. The van der Waals surface area contributed by atoms with Gasteiger partial charge >= 0.3 is 0 Å². The smallest absolute Gasteiger partial charge is 0.255 e. The standard InChI is InChI=1S/C14H16BrClN2O/c15-11-3-1-2-10(12(11)16)13(19)18-7-5-14(9-18)4-6-17-8-14/h1-3,17H,4-9H2. The summed E-state index contributed by atoms with van der Waals surface area (Å²) in [6, 6.07) is 5.50. The van der Waals surface area contributed by atoms with E-state index < -0.39 is 0 Å². The largest absolute Gasteiger partial charge is 0.338 e. The molecule has 0 aromatic heterocycles. The minimum absolute atomic E-state index is 0.0510. The number of carbonyl (C=O) groups excluding carboxylic acids is 1. The SMILES string of the molecule is O=C(c1cccc(Br)c1Cl)N1CCC2(CCNC2)C1. The summed E-state index contributed by atoms with van der Waals surface area (Å²) in [6.07, 6.45) is 2.26. The van der Waals surface area contributed by atoms with E-state index in [1.165, 1.54) is 6.42 Å². The van der Waals surface area contributed by atoms with Gasteiger partial charge in [-0.25, -0.2) is 0 Å². The number of rotatable bonds is 1. The lowest BCUT2D eigenvalue weighted by atomic mass is 9.86. The number of carbonyl (C=O) groups is 1. The molecule has 2 aliphatic heterocycles. The molecule has 0 radical (unpaired) electrons. The number of hydrogen-bond acceptors (Lipinski definition) is 2. The van der Waals surface area contributed by atoms with Crippen LogP contribution in [0.2, 0.25) is 5.02 Å². The maximum absolute atomic E-state index is 12.6. The normalized spacial score (nSPS) is 26.3. The molecule has 2 saturated heterocycles. The van der Waals surface area contributed by atoms with Gasteiger partial charge in [0, 0.05) is 29.5 Å². The topological polar surface area (TPSA) is 32.3 Å². The van der Waals surface area contributed by atoms with E-state index in [0.29, 0.717) is 16.0 Å². The Balaban J connectivity index is 1.80. The molecule has 3 nitrogen and oxygen atoms in total. The second-order valence-electron chi connectivity index (χ2n) is 5.50. The predicted octanol–water partition coefficient (Wildman–Crippen LogP) is 2.93. The Kier molecular flexibility index (Phi) is 3.58. The Bertz CT molecular complexity index is 514. The number of hydrogen-bond donors (Lipinski definition) is 1. The molecule has 1 aromatic carbocycles. The van der Waals surface area contributed by atoms with Crippen molar-refractivity contribution in [2.45, 2.75) is 12.8 Å². The van der Waals surface area contributed by atoms with Crippen LogP contribution in [0.5, 0.6) is 0 Å². The molecule has 0 saturated carbocycles. The molecule has 2 aliphatic rings. The Labute approximate surface area is 126 Å². The first-order chi connectivity index (χ1) is 9.11. The van der Waals surface area contributed by atoms with Crippen molar-refractivity contribution in [1.82, 2.24) is 10.2 Å². The quantitative estimate of drug-likeness (QED) is 0.850. The minimum Gasteiger partial charge on any atom is -0.338 e. The Morgan fingerprint density at radius 3 is 3.00 bits per heavy atom. The zero-order valence-electron chi connectivity index (χ0n) is 10.6. The summed E-state index contributed by atoms with van der Waals surface area (Å²) in [4.78, 5) is 14.5. The number of nitrogens with zero attached hydrogens (tertiary/aromatic N) is 1. The van der Waals surface area contributed by atoms with Crippen molar-refractivity contribution in [2.75, 3.05) is 26.2 Å². The number of likely N-dealkylation sites (tertiary alicyclic amines) is 1. The highest BCUT2D eigenvalue weighted by molar-refractivity contribution is 9.10. The molecule has 19 heavy (non-hydrogen) atoms. The van der Waals surface area contributed by atoms with Gasteiger partial charge in [-0.1, -0.05) is 17.7 Å². The second-order valence-corrected chi connectivity index (χ2v) is 6.74. The highest BCUT2D eigenvalue weighted by Crippen LogP contribution is 2.37. The molecule has 5 heteroatoms. The van der Waals surface area contributed by atoms with Gasteiger partial charge in [-0.2, -0.15) is 0 Å². The van der Waals surface area contributed by atoms with Gasteiger partial charge in [0.2, 0.25) is 0 Å². The van der Waals surface area contributed by atoms with Crippen LogP contribution in [-0.2, 0) is 0 Å². The van der Waals surface area contributed by atoms with Crippen molar-refractivity contribution in [1.29, 1.82) is 0 Å². The van der Waals surface area contributed by atoms with Gasteiger partial charge in [0.05, 0.1) is 10.6 Å². The Hall–Kier alpha value is -0.580. The summed E-state index contributed by atoms with van der Waals surface area (Å²) in [7, 11) is 0. The number of amides is 1. The zero-order chi connectivity index (χ0) is 13.5. The van der Waals surface area contributed by atoms with E-state index in [4.69, 9.17) is 11.6 Å². The van der Waals surface area contributed by atoms with Crippen LogP contribution in [-0.4, -0.2) is 37.0 Å². The van der Waals surface area contributed by atoms with Crippen LogP contribution < -0.4 is 5.32 Å². The van der Waals surface area contributed by atoms with E-state index in [1.807, 2.05) is 17.0 Å². The van der Waals surface area contributed by atoms with Gasteiger partial charge in [0.25, 0.3) is 5.91 Å². The molecule has 0 bridgehead atoms. The highest BCUT2D eigenvalue weighted by Gasteiger charge is 2.42. The fourth-order valence-corrected chi connectivity index (χ4v) is 3.66. The van der Waals surface area contributed by atoms with Gasteiger partial charge in [-0.05, 0) is 47.4 Å². The zero-order valence-corrected chi connectivity index (χ0v) is 12.9. The molecular formula is C14H16BrClN2O. The monoisotopic (exact) mass is 342 g/mol. The number of nitrogens with one attached hydrogen (secondary N) is 1. The molecule has 0 aliphatic carbocycles. The molecule has 1 amide bonds. The number of benzene rings is 1. The van der Waals surface area contributed by atoms with Crippen LogP contribution in [0.4, 0.5) is 0 Å². The molecule has 1 atom stereocenters. The second kappa shape index (κ2) is 5.08. The van der Waals surface area contributed by atoms with E-state index >= 15 is 0 Å². The Morgan fingerprint density at radius 1 is 1.42 bits per heavy atom. The van der Waals surface area contributed by atoms with Crippen molar-refractivity contribution in [3.05, 3.63) is 33.3 Å². The van der Waals surface area contributed by atoms with Crippen LogP contribution >= 0.6 is 27.5 Å². The van der Waals surface area contributed by atoms with Gasteiger partial charge in [-0.3, -0.25) is 4.79 Å². The van der Waals surface area contributed by atoms with Gasteiger partial charge in [0.1, 0.15) is 0 Å². The van der Waals surface area contributed by atoms with Crippen molar-refractivity contribution in [2.24, 2.45) is 5.41 Å². The predicted molar refractivity (Wildman–Crippen MR) is 79.6 cm³/mol. The first-order valence-corrected chi connectivity index (χ1v) is 7.72. The average Bonchev–Trinajstić information content (AvgIpc) is 3.03. The van der Waals surface area contributed by atoms with Crippen LogP contribution in [0.3, 0.4) is 0 Å². The molecule has 2 heterocycles. The molecular weight excluding hydrogens is 328 g/mol. The van der Waals surface area contributed by atoms with Crippen LogP contribution in [0, 0.1) is 5.41 Å². The minimum atomic E-state index is 0.0510. The van der Waals surface area contributed by atoms with Gasteiger partial charge < -0.3 is 10.2 Å². The van der Waals surface area contributed by atoms with Crippen molar-refractivity contribution >= 4 is 33.4 Å². The summed E-state index contributed by atoms with van der Waals surface area (Å²) < 4.78 is 0.774. The summed E-state index contributed by atoms with van der Waals surface area (Å²) in [6.45, 7) is 3.79. The molecule has 1 N–H and O–H groups in total. The molecule has 102 valence electrons. The summed E-state index contributed by atoms with van der Waals surface area (Å²) in [5.74, 6) is 0.0510. The first-order valence-electron chi connectivity index (χ1n) is 6.55. The van der Waals surface area contributed by atoms with Crippen LogP contribution in [0.15, 0.2) is 22.7 Å². The summed E-state index contributed by atoms with van der Waals surface area (Å²) >= 11 is 9.58. The van der Waals surface area contributed by atoms with E-state index in [0.717, 1.165) is 37.1 Å². The number of halogens is 2. The summed E-state index contributed by atoms with van der Waals surface area (Å²) in [5.41, 5.74) is 0.896. The maximum Gasteiger partial charge on any atom is 0.255 e. The van der Waals surface area contributed by atoms with E-state index in [-0.39, 0.29) is 5.91 Å². The molecule has 3 rings (SSSR count).